The number of aliphatic imine (C=N–C) groups is 1. The van der Waals surface area contributed by atoms with Crippen molar-refractivity contribution in [3.8, 4) is 22.8 Å². The zero-order chi connectivity index (χ0) is 30.2. The number of fused-ring (bicyclic) bond motifs is 9. The van der Waals surface area contributed by atoms with Crippen LogP contribution in [0.15, 0.2) is 143 Å². The Labute approximate surface area is 263 Å². The average Bonchev–Trinajstić information content (AvgIpc) is 3.70. The highest BCUT2D eigenvalue weighted by Crippen LogP contribution is 2.41. The first-order chi connectivity index (χ1) is 22.8. The smallest absolute Gasteiger partial charge is 0.164 e. The number of rotatable bonds is 3. The predicted octanol–water partition coefficient (Wildman–Crippen LogP) is 10.1. The van der Waals surface area contributed by atoms with Gasteiger partial charge in [0.15, 0.2) is 23.2 Å². The summed E-state index contributed by atoms with van der Waals surface area (Å²) >= 11 is 0. The minimum Gasteiger partial charge on any atom is -0.455 e. The monoisotopic (exact) mass is 588 g/mol. The summed E-state index contributed by atoms with van der Waals surface area (Å²) in [6.45, 7) is 0. The van der Waals surface area contributed by atoms with Crippen LogP contribution in [0.25, 0.3) is 76.8 Å². The summed E-state index contributed by atoms with van der Waals surface area (Å²) in [5.41, 5.74) is 3.72. The number of hydrogen-bond donors (Lipinski definition) is 0. The summed E-state index contributed by atoms with van der Waals surface area (Å²) in [6, 6.07) is 46.1. The minimum atomic E-state index is -0.410. The van der Waals surface area contributed by atoms with Crippen LogP contribution in [-0.4, -0.2) is 21.2 Å². The minimum absolute atomic E-state index is 0.410. The fourth-order valence-electron chi connectivity index (χ4n) is 7.02. The number of furan rings is 1. The lowest BCUT2D eigenvalue weighted by Gasteiger charge is -2.15. The van der Waals surface area contributed by atoms with Gasteiger partial charge in [-0.1, -0.05) is 115 Å². The van der Waals surface area contributed by atoms with E-state index in [1.165, 1.54) is 26.9 Å². The molecule has 1 aliphatic rings. The van der Waals surface area contributed by atoms with E-state index in [9.17, 15) is 0 Å². The quantitative estimate of drug-likeness (QED) is 0.193. The summed E-state index contributed by atoms with van der Waals surface area (Å²) in [7, 11) is 0. The van der Waals surface area contributed by atoms with E-state index in [1.807, 2.05) is 18.2 Å². The zero-order valence-corrected chi connectivity index (χ0v) is 24.6. The van der Waals surface area contributed by atoms with Gasteiger partial charge in [0.25, 0.3) is 0 Å². The SMILES string of the molecule is C1=NC(c2nc(-c3ccc4ccccc4c3)nc(-c3cc4ccccc4c4c3ccc3ccccc34)n2)c2c1oc1ccccc21. The van der Waals surface area contributed by atoms with Crippen molar-refractivity contribution in [2.45, 2.75) is 6.04 Å². The van der Waals surface area contributed by atoms with Crippen LogP contribution in [0.3, 0.4) is 0 Å². The molecule has 214 valence electrons. The molecule has 0 bridgehead atoms. The van der Waals surface area contributed by atoms with Crippen molar-refractivity contribution in [3.05, 3.63) is 151 Å². The van der Waals surface area contributed by atoms with Crippen molar-refractivity contribution in [2.24, 2.45) is 4.99 Å². The third kappa shape index (κ3) is 3.75. The van der Waals surface area contributed by atoms with Crippen LogP contribution in [0.1, 0.15) is 23.2 Å². The molecule has 3 heterocycles. The molecular weight excluding hydrogens is 564 g/mol. The largest absolute Gasteiger partial charge is 0.455 e. The van der Waals surface area contributed by atoms with Gasteiger partial charge in [-0.05, 0) is 61.3 Å². The van der Waals surface area contributed by atoms with Gasteiger partial charge in [0.05, 0.1) is 6.21 Å². The lowest BCUT2D eigenvalue weighted by Crippen LogP contribution is -2.07. The molecule has 0 amide bonds. The second-order valence-corrected chi connectivity index (χ2v) is 11.8. The Balaban J connectivity index is 1.27. The van der Waals surface area contributed by atoms with Gasteiger partial charge in [0.1, 0.15) is 11.6 Å². The van der Waals surface area contributed by atoms with Gasteiger partial charge in [0, 0.05) is 22.1 Å². The van der Waals surface area contributed by atoms with Gasteiger partial charge in [-0.15, -0.1) is 0 Å². The zero-order valence-electron chi connectivity index (χ0n) is 24.6. The Kier molecular flexibility index (Phi) is 5.28. The molecule has 0 spiro atoms. The van der Waals surface area contributed by atoms with Crippen LogP contribution < -0.4 is 0 Å². The van der Waals surface area contributed by atoms with E-state index in [-0.39, 0.29) is 0 Å². The molecule has 0 radical (unpaired) electrons. The first-order valence-corrected chi connectivity index (χ1v) is 15.4. The Morgan fingerprint density at radius 1 is 0.500 bits per heavy atom. The van der Waals surface area contributed by atoms with E-state index in [2.05, 4.69) is 115 Å². The van der Waals surface area contributed by atoms with E-state index in [0.29, 0.717) is 17.5 Å². The number of para-hydroxylation sites is 1. The summed E-state index contributed by atoms with van der Waals surface area (Å²) in [6.07, 6.45) is 1.80. The standard InChI is InChI=1S/C41H24N4O/c1-2-11-26-21-28(18-17-24(26)9-1)39-43-40(45-41(44-39)38-37-32-15-7-8-16-34(32)46-35(37)23-42-38)33-22-27-12-4-6-14-30(27)36-29-13-5-3-10-25(29)19-20-31(33)36/h1-23,38H. The number of benzene rings is 7. The molecule has 0 saturated carbocycles. The van der Waals surface area contributed by atoms with Crippen LogP contribution in [0.4, 0.5) is 0 Å². The lowest BCUT2D eigenvalue weighted by molar-refractivity contribution is 0.604. The van der Waals surface area contributed by atoms with Crippen molar-refractivity contribution in [3.63, 3.8) is 0 Å². The molecule has 1 unspecified atom stereocenters. The van der Waals surface area contributed by atoms with Gasteiger partial charge >= 0.3 is 0 Å². The van der Waals surface area contributed by atoms with Crippen molar-refractivity contribution in [1.82, 2.24) is 15.0 Å². The van der Waals surface area contributed by atoms with Crippen LogP contribution in [0.2, 0.25) is 0 Å². The molecule has 46 heavy (non-hydrogen) atoms. The highest BCUT2D eigenvalue weighted by Gasteiger charge is 2.30. The van der Waals surface area contributed by atoms with Gasteiger partial charge in [-0.3, -0.25) is 4.99 Å². The molecule has 5 nitrogen and oxygen atoms in total. The molecule has 2 aromatic heterocycles. The van der Waals surface area contributed by atoms with Gasteiger partial charge in [-0.2, -0.15) is 0 Å². The summed E-state index contributed by atoms with van der Waals surface area (Å²) in [4.78, 5) is 20.4. The molecule has 7 aromatic carbocycles. The molecule has 10 rings (SSSR count). The normalized spacial score (nSPS) is 14.2. The Bertz CT molecular complexity index is 2710. The molecule has 9 aromatic rings. The van der Waals surface area contributed by atoms with Crippen molar-refractivity contribution in [1.29, 1.82) is 0 Å². The molecule has 5 heteroatoms. The van der Waals surface area contributed by atoms with Crippen molar-refractivity contribution >= 4 is 60.3 Å². The van der Waals surface area contributed by atoms with Crippen LogP contribution in [0.5, 0.6) is 0 Å². The maximum atomic E-state index is 6.17. The second kappa shape index (κ2) is 9.65. The fraction of sp³-hybridized carbons (Fsp3) is 0.0244. The fourth-order valence-corrected chi connectivity index (χ4v) is 7.02. The maximum absolute atomic E-state index is 6.17. The summed E-state index contributed by atoms with van der Waals surface area (Å²) < 4.78 is 6.17. The molecule has 0 fully saturated rings. The van der Waals surface area contributed by atoms with Crippen molar-refractivity contribution < 1.29 is 4.42 Å². The summed E-state index contributed by atoms with van der Waals surface area (Å²) in [5.74, 6) is 2.58. The molecule has 0 aliphatic carbocycles. The van der Waals surface area contributed by atoms with E-state index in [0.717, 1.165) is 49.6 Å². The number of aromatic nitrogens is 3. The Hall–Kier alpha value is -6.20. The van der Waals surface area contributed by atoms with E-state index >= 15 is 0 Å². The lowest BCUT2D eigenvalue weighted by atomic mass is 9.92. The first-order valence-electron chi connectivity index (χ1n) is 15.4. The van der Waals surface area contributed by atoms with E-state index in [1.54, 1.807) is 6.21 Å². The number of hydrogen-bond acceptors (Lipinski definition) is 5. The second-order valence-electron chi connectivity index (χ2n) is 11.8. The molecule has 1 aliphatic heterocycles. The van der Waals surface area contributed by atoms with Gasteiger partial charge in [0.2, 0.25) is 0 Å². The molecule has 0 saturated heterocycles. The maximum Gasteiger partial charge on any atom is 0.164 e. The first kappa shape index (κ1) is 25.2. The van der Waals surface area contributed by atoms with E-state index in [4.69, 9.17) is 24.4 Å². The summed E-state index contributed by atoms with van der Waals surface area (Å²) in [5, 5.41) is 10.4. The molecule has 0 N–H and O–H groups in total. The topological polar surface area (TPSA) is 64.2 Å². The highest BCUT2D eigenvalue weighted by molar-refractivity contribution is 6.23. The van der Waals surface area contributed by atoms with Gasteiger partial charge in [-0.25, -0.2) is 15.0 Å². The van der Waals surface area contributed by atoms with Crippen LogP contribution >= 0.6 is 0 Å². The molecule has 1 atom stereocenters. The van der Waals surface area contributed by atoms with E-state index < -0.39 is 6.04 Å². The van der Waals surface area contributed by atoms with Crippen molar-refractivity contribution in [2.75, 3.05) is 0 Å². The predicted molar refractivity (Wildman–Crippen MR) is 186 cm³/mol. The number of nitrogens with zero attached hydrogens (tertiary/aromatic N) is 4. The Morgan fingerprint density at radius 2 is 1.17 bits per heavy atom. The van der Waals surface area contributed by atoms with Gasteiger partial charge < -0.3 is 4.42 Å². The van der Waals surface area contributed by atoms with Crippen LogP contribution in [0, 0.1) is 0 Å². The highest BCUT2D eigenvalue weighted by atomic mass is 16.3. The molecular formula is C41H24N4O. The Morgan fingerprint density at radius 3 is 2.04 bits per heavy atom. The van der Waals surface area contributed by atoms with Crippen LogP contribution in [-0.2, 0) is 0 Å². The third-order valence-electron chi connectivity index (χ3n) is 9.17. The third-order valence-corrected chi connectivity index (χ3v) is 9.17. The average molecular weight is 589 g/mol.